The molecule has 5 nitrogen and oxygen atoms in total. The van der Waals surface area contributed by atoms with Crippen molar-refractivity contribution < 1.29 is 25.8 Å². The molecule has 11 rings (SSSR count). The first-order valence-corrected chi connectivity index (χ1v) is 24.7. The Hall–Kier alpha value is -7.20. The molecule has 3 heterocycles. The van der Waals surface area contributed by atoms with Gasteiger partial charge in [-0.1, -0.05) is 182 Å². The molecule has 2 aromatic heterocycles. The van der Waals surface area contributed by atoms with Crippen molar-refractivity contribution in [2.75, 3.05) is 9.80 Å². The van der Waals surface area contributed by atoms with E-state index in [0.29, 0.717) is 11.5 Å². The van der Waals surface area contributed by atoms with Gasteiger partial charge in [-0.2, -0.15) is 6.07 Å². The quantitative estimate of drug-likeness (QED) is 0.142. The molecule has 10 aromatic rings. The van der Waals surface area contributed by atoms with Crippen LogP contribution in [0.1, 0.15) is 79.0 Å². The topological polar surface area (TPSA) is 33.5 Å². The Balaban J connectivity index is 0.00000596. The molecule has 0 unspecified atom stereocenters. The second kappa shape index (κ2) is 18.8. The zero-order valence-electron chi connectivity index (χ0n) is 42.5. The van der Waals surface area contributed by atoms with Crippen molar-refractivity contribution in [3.63, 3.8) is 0 Å². The fraction of sp³-hybridized carbons (Fsp3) is 0.182. The SMILES string of the molecule is CC(C)(C)c1cc(N2[CH-]N(c3[c-]c(Oc4[c-]c5c(c(-c6cccc(-c7ccccc7)c6)c4)c4ccccc4n5-c4cc(C(C)(C)C)ccn4)ccc3)c3cc(-c4ccccc4)ccc32)cc(C(C)(C)C)c1.[Pt]. The minimum Gasteiger partial charge on any atom is -0.509 e. The molecule has 0 amide bonds. The average Bonchev–Trinajstić information content (AvgIpc) is 3.92. The number of hydrogen-bond donors (Lipinski definition) is 0. The molecule has 1 aliphatic rings. The summed E-state index contributed by atoms with van der Waals surface area (Å²) in [5.74, 6) is 1.99. The van der Waals surface area contributed by atoms with Gasteiger partial charge in [0, 0.05) is 61.3 Å². The van der Waals surface area contributed by atoms with Gasteiger partial charge in [0.25, 0.3) is 0 Å². The third-order valence-corrected chi connectivity index (χ3v) is 13.8. The predicted octanol–water partition coefficient (Wildman–Crippen LogP) is 17.9. The van der Waals surface area contributed by atoms with Gasteiger partial charge in [0.1, 0.15) is 5.82 Å². The molecule has 1 aliphatic heterocycles. The zero-order chi connectivity index (χ0) is 49.2. The van der Waals surface area contributed by atoms with Crippen LogP contribution in [0.5, 0.6) is 11.5 Å². The molecule has 0 fully saturated rings. The Kier molecular flexibility index (Phi) is 12.6. The molecule has 0 aliphatic carbocycles. The van der Waals surface area contributed by atoms with Gasteiger partial charge in [0.15, 0.2) is 0 Å². The Morgan fingerprint density at radius 3 is 1.76 bits per heavy atom. The van der Waals surface area contributed by atoms with E-state index in [0.717, 1.165) is 83.8 Å². The average molecular weight is 1120 g/mol. The van der Waals surface area contributed by atoms with E-state index in [9.17, 15) is 0 Å². The number of pyridine rings is 1. The summed E-state index contributed by atoms with van der Waals surface area (Å²) in [6.07, 6.45) is 1.92. The van der Waals surface area contributed by atoms with E-state index in [4.69, 9.17) is 9.72 Å². The monoisotopic (exact) mass is 1120 g/mol. The molecular formula is C66H59N4OPt-3. The van der Waals surface area contributed by atoms with Crippen LogP contribution in [-0.4, -0.2) is 9.55 Å². The third kappa shape index (κ3) is 9.28. The van der Waals surface area contributed by atoms with Crippen LogP contribution in [0.15, 0.2) is 188 Å². The fourth-order valence-corrected chi connectivity index (χ4v) is 9.75. The van der Waals surface area contributed by atoms with E-state index in [-0.39, 0.29) is 37.3 Å². The molecule has 0 saturated heterocycles. The first kappa shape index (κ1) is 48.4. The van der Waals surface area contributed by atoms with Gasteiger partial charge in [-0.3, -0.25) is 0 Å². The van der Waals surface area contributed by atoms with Crippen molar-refractivity contribution in [2.24, 2.45) is 0 Å². The standard InChI is InChI=1S/C66H59N4O.Pt/c1-64(2,3)49-32-33-67-62(39-49)70-58-29-17-16-28-56(58)63-57(48-25-18-24-46(34-48)44-20-12-10-13-21-44)41-55(42-61(63)70)71-54-27-19-26-52(40-54)68-43-69(53-37-50(65(4,5)6)36-51(38-53)66(7,8)9)59-31-30-47(35-60(59)68)45-22-14-11-15-23-45;/h10-39,41,43H,1-9H3;/q-3;. The van der Waals surface area contributed by atoms with Crippen molar-refractivity contribution in [3.8, 4) is 50.7 Å². The number of para-hydroxylation sites is 1. The molecular weight excluding hydrogens is 1060 g/mol. The summed E-state index contributed by atoms with van der Waals surface area (Å²) in [5, 5.41) is 2.20. The van der Waals surface area contributed by atoms with Crippen LogP contribution in [0, 0.1) is 18.8 Å². The fourth-order valence-electron chi connectivity index (χ4n) is 9.75. The minimum atomic E-state index is -0.0718. The summed E-state index contributed by atoms with van der Waals surface area (Å²) in [6.45, 7) is 22.7. The minimum absolute atomic E-state index is 0. The Bertz CT molecular complexity index is 3580. The van der Waals surface area contributed by atoms with Crippen molar-refractivity contribution in [3.05, 3.63) is 224 Å². The Labute approximate surface area is 440 Å². The second-order valence-electron chi connectivity index (χ2n) is 21.9. The first-order chi connectivity index (χ1) is 34.1. The van der Waals surface area contributed by atoms with E-state index >= 15 is 0 Å². The van der Waals surface area contributed by atoms with Crippen LogP contribution in [0.4, 0.5) is 22.7 Å². The summed E-state index contributed by atoms with van der Waals surface area (Å²) in [4.78, 5) is 9.58. The van der Waals surface area contributed by atoms with Gasteiger partial charge < -0.3 is 19.1 Å². The molecule has 0 atom stereocenters. The molecule has 0 spiro atoms. The molecule has 0 N–H and O–H groups in total. The summed E-state index contributed by atoms with van der Waals surface area (Å²) in [6, 6.07) is 72.5. The van der Waals surface area contributed by atoms with Crippen LogP contribution >= 0.6 is 0 Å². The number of anilines is 4. The third-order valence-electron chi connectivity index (χ3n) is 13.8. The summed E-state index contributed by atoms with van der Waals surface area (Å²) < 4.78 is 9.27. The van der Waals surface area contributed by atoms with Crippen molar-refractivity contribution in [2.45, 2.75) is 78.6 Å². The molecule has 362 valence electrons. The number of fused-ring (bicyclic) bond motifs is 4. The number of benzene rings is 8. The summed E-state index contributed by atoms with van der Waals surface area (Å²) in [7, 11) is 0. The zero-order valence-corrected chi connectivity index (χ0v) is 44.8. The number of rotatable bonds is 8. The smallest absolute Gasteiger partial charge is 0.135 e. The number of hydrogen-bond acceptors (Lipinski definition) is 4. The number of ether oxygens (including phenoxy) is 1. The van der Waals surface area contributed by atoms with Gasteiger partial charge in [0.05, 0.1) is 0 Å². The maximum Gasteiger partial charge on any atom is 0.135 e. The van der Waals surface area contributed by atoms with Crippen molar-refractivity contribution in [1.82, 2.24) is 9.55 Å². The maximum atomic E-state index is 7.03. The van der Waals surface area contributed by atoms with Crippen LogP contribution in [0.2, 0.25) is 0 Å². The Morgan fingerprint density at radius 1 is 0.472 bits per heavy atom. The molecule has 8 aromatic carbocycles. The van der Waals surface area contributed by atoms with E-state index in [2.05, 4.69) is 271 Å². The van der Waals surface area contributed by atoms with Crippen molar-refractivity contribution >= 4 is 44.6 Å². The molecule has 0 radical (unpaired) electrons. The summed E-state index contributed by atoms with van der Waals surface area (Å²) >= 11 is 0. The van der Waals surface area contributed by atoms with E-state index in [1.165, 1.54) is 16.7 Å². The van der Waals surface area contributed by atoms with Crippen LogP contribution in [0.3, 0.4) is 0 Å². The van der Waals surface area contributed by atoms with Crippen LogP contribution < -0.4 is 14.5 Å². The molecule has 0 bridgehead atoms. The van der Waals surface area contributed by atoms with E-state index in [1.807, 2.05) is 12.3 Å². The number of aromatic nitrogens is 2. The van der Waals surface area contributed by atoms with Crippen LogP contribution in [0.25, 0.3) is 61.0 Å². The first-order valence-electron chi connectivity index (χ1n) is 24.7. The maximum absolute atomic E-state index is 7.03. The molecule has 6 heteroatoms. The Morgan fingerprint density at radius 2 is 1.08 bits per heavy atom. The van der Waals surface area contributed by atoms with Gasteiger partial charge >= 0.3 is 0 Å². The van der Waals surface area contributed by atoms with Crippen LogP contribution in [-0.2, 0) is 37.3 Å². The van der Waals surface area contributed by atoms with Gasteiger partial charge in [0.2, 0.25) is 0 Å². The van der Waals surface area contributed by atoms with E-state index in [1.54, 1.807) is 0 Å². The predicted molar refractivity (Wildman–Crippen MR) is 297 cm³/mol. The normalized spacial score (nSPS) is 12.8. The van der Waals surface area contributed by atoms with E-state index < -0.39 is 0 Å². The molecule has 0 saturated carbocycles. The van der Waals surface area contributed by atoms with Crippen molar-refractivity contribution in [1.29, 1.82) is 0 Å². The van der Waals surface area contributed by atoms with Gasteiger partial charge in [-0.25, -0.2) is 4.98 Å². The number of nitrogens with zero attached hydrogens (tertiary/aromatic N) is 4. The summed E-state index contributed by atoms with van der Waals surface area (Å²) in [5.41, 5.74) is 16.4. The van der Waals surface area contributed by atoms with Gasteiger partial charge in [-0.15, -0.1) is 48.3 Å². The largest absolute Gasteiger partial charge is 0.509 e. The molecule has 72 heavy (non-hydrogen) atoms. The van der Waals surface area contributed by atoms with Gasteiger partial charge in [-0.05, 0) is 115 Å². The second-order valence-corrected chi connectivity index (χ2v) is 21.9.